The first kappa shape index (κ1) is 14.0. The molecule has 0 atom stereocenters. The van der Waals surface area contributed by atoms with Gasteiger partial charge in [0, 0.05) is 21.4 Å². The van der Waals surface area contributed by atoms with Gasteiger partial charge in [-0.3, -0.25) is 0 Å². The average molecular weight is 314 g/mol. The first-order chi connectivity index (χ1) is 11.4. The zero-order chi connectivity index (χ0) is 15.5. The van der Waals surface area contributed by atoms with Gasteiger partial charge in [0.25, 0.3) is 0 Å². The predicted octanol–water partition coefficient (Wildman–Crippen LogP) is 5.45. The molecule has 0 radical (unpaired) electrons. The fourth-order valence-corrected chi connectivity index (χ4v) is 3.48. The molecule has 0 bridgehead atoms. The van der Waals surface area contributed by atoms with Gasteiger partial charge in [-0.25, -0.2) is 9.97 Å². The zero-order valence-corrected chi connectivity index (χ0v) is 13.2. The lowest BCUT2D eigenvalue weighted by atomic mass is 10.1. The van der Waals surface area contributed by atoms with Crippen LogP contribution < -0.4 is 0 Å². The Morgan fingerprint density at radius 1 is 0.696 bits per heavy atom. The van der Waals surface area contributed by atoms with Crippen molar-refractivity contribution in [3.8, 4) is 11.1 Å². The van der Waals surface area contributed by atoms with E-state index >= 15 is 0 Å². The van der Waals surface area contributed by atoms with Crippen molar-refractivity contribution >= 4 is 22.7 Å². The molecule has 110 valence electrons. The Bertz CT molecular complexity index is 929. The Hall–Kier alpha value is -2.65. The van der Waals surface area contributed by atoms with E-state index in [-0.39, 0.29) is 0 Å². The molecule has 0 unspecified atom stereocenters. The van der Waals surface area contributed by atoms with Crippen molar-refractivity contribution in [3.63, 3.8) is 0 Å². The molecule has 1 aromatic heterocycles. The van der Waals surface area contributed by atoms with Crippen LogP contribution in [0.15, 0.2) is 95.1 Å². The van der Waals surface area contributed by atoms with Gasteiger partial charge in [0.2, 0.25) is 0 Å². The highest BCUT2D eigenvalue weighted by molar-refractivity contribution is 7.99. The molecule has 0 aliphatic carbocycles. The van der Waals surface area contributed by atoms with E-state index in [0.717, 1.165) is 10.9 Å². The molecule has 0 saturated heterocycles. The highest BCUT2D eigenvalue weighted by Gasteiger charge is 2.04. The van der Waals surface area contributed by atoms with Crippen molar-refractivity contribution in [2.24, 2.45) is 0 Å². The molecule has 0 N–H and O–H groups in total. The molecule has 1 heterocycles. The van der Waals surface area contributed by atoms with Crippen LogP contribution in [0.25, 0.3) is 22.0 Å². The minimum absolute atomic E-state index is 0.978. The molecule has 0 aliphatic heterocycles. The minimum atomic E-state index is 0.978. The topological polar surface area (TPSA) is 25.8 Å². The quantitative estimate of drug-likeness (QED) is 0.503. The summed E-state index contributed by atoms with van der Waals surface area (Å²) in [6, 6.07) is 25.2. The lowest BCUT2D eigenvalue weighted by Gasteiger charge is -2.07. The van der Waals surface area contributed by atoms with Crippen LogP contribution in [0.2, 0.25) is 0 Å². The molecule has 0 spiro atoms. The lowest BCUT2D eigenvalue weighted by Crippen LogP contribution is -1.83. The SMILES string of the molecule is c1ccc(-c2ccc(Sc3cccc4ncncc34)cc2)cc1. The standard InChI is InChI=1S/C20H14N2S/c1-2-5-15(6-3-1)16-9-11-17(12-10-16)23-20-8-4-7-19-18(20)13-21-14-22-19/h1-14H. The van der Waals surface area contributed by atoms with Crippen molar-refractivity contribution in [1.82, 2.24) is 9.97 Å². The highest BCUT2D eigenvalue weighted by Crippen LogP contribution is 2.33. The van der Waals surface area contributed by atoms with E-state index in [0.29, 0.717) is 0 Å². The fraction of sp³-hybridized carbons (Fsp3) is 0. The number of benzene rings is 3. The van der Waals surface area contributed by atoms with E-state index < -0.39 is 0 Å². The van der Waals surface area contributed by atoms with Gasteiger partial charge in [-0.15, -0.1) is 0 Å². The predicted molar refractivity (Wildman–Crippen MR) is 95.5 cm³/mol. The van der Waals surface area contributed by atoms with E-state index in [1.54, 1.807) is 18.1 Å². The molecule has 0 saturated carbocycles. The second kappa shape index (κ2) is 6.23. The first-order valence-electron chi connectivity index (χ1n) is 7.42. The molecule has 4 aromatic rings. The number of nitrogens with zero attached hydrogens (tertiary/aromatic N) is 2. The lowest BCUT2D eigenvalue weighted by molar-refractivity contribution is 1.21. The third kappa shape index (κ3) is 2.96. The third-order valence-corrected chi connectivity index (χ3v) is 4.78. The minimum Gasteiger partial charge on any atom is -0.244 e. The second-order valence-corrected chi connectivity index (χ2v) is 6.32. The van der Waals surface area contributed by atoms with Crippen LogP contribution in [0.3, 0.4) is 0 Å². The molecule has 3 aromatic carbocycles. The van der Waals surface area contributed by atoms with Gasteiger partial charge in [-0.2, -0.15) is 0 Å². The molecule has 4 rings (SSSR count). The summed E-state index contributed by atoms with van der Waals surface area (Å²) in [6.07, 6.45) is 3.47. The maximum atomic E-state index is 4.31. The van der Waals surface area contributed by atoms with Gasteiger partial charge < -0.3 is 0 Å². The van der Waals surface area contributed by atoms with E-state index in [9.17, 15) is 0 Å². The van der Waals surface area contributed by atoms with Gasteiger partial charge in [0.05, 0.1) is 5.52 Å². The normalized spacial score (nSPS) is 10.8. The highest BCUT2D eigenvalue weighted by atomic mass is 32.2. The molecule has 3 heteroatoms. The zero-order valence-electron chi connectivity index (χ0n) is 12.4. The largest absolute Gasteiger partial charge is 0.244 e. The second-order valence-electron chi connectivity index (χ2n) is 5.20. The first-order valence-corrected chi connectivity index (χ1v) is 8.24. The van der Waals surface area contributed by atoms with Crippen LogP contribution in [0, 0.1) is 0 Å². The summed E-state index contributed by atoms with van der Waals surface area (Å²) in [5.74, 6) is 0. The van der Waals surface area contributed by atoms with E-state index in [1.165, 1.54) is 20.9 Å². The maximum Gasteiger partial charge on any atom is 0.116 e. The molecule has 2 nitrogen and oxygen atoms in total. The molecular weight excluding hydrogens is 300 g/mol. The Kier molecular flexibility index (Phi) is 3.78. The Morgan fingerprint density at radius 2 is 1.48 bits per heavy atom. The van der Waals surface area contributed by atoms with Crippen molar-refractivity contribution in [2.75, 3.05) is 0 Å². The van der Waals surface area contributed by atoms with Crippen molar-refractivity contribution < 1.29 is 0 Å². The van der Waals surface area contributed by atoms with Gasteiger partial charge in [-0.1, -0.05) is 60.3 Å². The van der Waals surface area contributed by atoms with Crippen LogP contribution in [-0.4, -0.2) is 9.97 Å². The molecule has 0 aliphatic rings. The number of aromatic nitrogens is 2. The number of hydrogen-bond donors (Lipinski definition) is 0. The number of hydrogen-bond acceptors (Lipinski definition) is 3. The van der Waals surface area contributed by atoms with Gasteiger partial charge in [0.15, 0.2) is 0 Å². The Morgan fingerprint density at radius 3 is 2.30 bits per heavy atom. The summed E-state index contributed by atoms with van der Waals surface area (Å²) in [6.45, 7) is 0. The summed E-state index contributed by atoms with van der Waals surface area (Å²) in [5, 5.41) is 1.09. The van der Waals surface area contributed by atoms with Crippen LogP contribution in [0.4, 0.5) is 0 Å². The third-order valence-electron chi connectivity index (χ3n) is 3.70. The monoisotopic (exact) mass is 314 g/mol. The van der Waals surface area contributed by atoms with Gasteiger partial charge in [-0.05, 0) is 35.4 Å². The van der Waals surface area contributed by atoms with E-state index in [4.69, 9.17) is 0 Å². The summed E-state index contributed by atoms with van der Waals surface area (Å²) < 4.78 is 0. The summed E-state index contributed by atoms with van der Waals surface area (Å²) in [4.78, 5) is 10.8. The number of rotatable bonds is 3. The number of fused-ring (bicyclic) bond motifs is 1. The summed E-state index contributed by atoms with van der Waals surface area (Å²) in [7, 11) is 0. The summed E-state index contributed by atoms with van der Waals surface area (Å²) in [5.41, 5.74) is 3.45. The molecular formula is C20H14N2S. The van der Waals surface area contributed by atoms with Crippen molar-refractivity contribution in [1.29, 1.82) is 0 Å². The smallest absolute Gasteiger partial charge is 0.116 e. The van der Waals surface area contributed by atoms with Crippen LogP contribution in [0.1, 0.15) is 0 Å². The average Bonchev–Trinajstić information content (AvgIpc) is 2.63. The molecule has 0 fully saturated rings. The summed E-state index contributed by atoms with van der Waals surface area (Å²) >= 11 is 1.74. The van der Waals surface area contributed by atoms with Gasteiger partial charge >= 0.3 is 0 Å². The fourth-order valence-electron chi connectivity index (χ4n) is 2.54. The molecule has 23 heavy (non-hydrogen) atoms. The van der Waals surface area contributed by atoms with E-state index in [2.05, 4.69) is 64.6 Å². The Labute approximate surface area is 139 Å². The van der Waals surface area contributed by atoms with E-state index in [1.807, 2.05) is 24.4 Å². The van der Waals surface area contributed by atoms with Crippen molar-refractivity contribution in [2.45, 2.75) is 9.79 Å². The van der Waals surface area contributed by atoms with Crippen molar-refractivity contribution in [3.05, 3.63) is 85.3 Å². The maximum absolute atomic E-state index is 4.31. The van der Waals surface area contributed by atoms with Crippen LogP contribution in [-0.2, 0) is 0 Å². The van der Waals surface area contributed by atoms with Crippen LogP contribution in [0.5, 0.6) is 0 Å². The van der Waals surface area contributed by atoms with Gasteiger partial charge in [0.1, 0.15) is 6.33 Å². The Balaban J connectivity index is 1.64. The van der Waals surface area contributed by atoms with Crippen LogP contribution >= 0.6 is 11.8 Å². The molecule has 0 amide bonds.